The van der Waals surface area contributed by atoms with Crippen LogP contribution in [-0.2, 0) is 4.79 Å². The first-order valence-electron chi connectivity index (χ1n) is 5.45. The second-order valence-corrected chi connectivity index (χ2v) is 4.02. The largest absolute Gasteiger partial charge is 0.314 e. The number of carbonyl (C=O) groups excluding carboxylic acids is 1. The Kier molecular flexibility index (Phi) is 3.19. The number of nitrogens with one attached hydrogen (secondary N) is 1. The molecular formula is C12H15FN2O. The van der Waals surface area contributed by atoms with Gasteiger partial charge in [-0.3, -0.25) is 4.79 Å². The van der Waals surface area contributed by atoms with Gasteiger partial charge in [0.1, 0.15) is 5.82 Å². The van der Waals surface area contributed by atoms with E-state index in [4.69, 9.17) is 0 Å². The summed E-state index contributed by atoms with van der Waals surface area (Å²) in [6.07, 6.45) is 1.91. The molecule has 0 saturated carbocycles. The molecule has 86 valence electrons. The molecule has 1 aromatic rings. The van der Waals surface area contributed by atoms with Crippen molar-refractivity contribution in [2.75, 3.05) is 18.5 Å². The molecule has 1 saturated heterocycles. The number of hydrogen-bond acceptors (Lipinski definition) is 2. The van der Waals surface area contributed by atoms with Crippen molar-refractivity contribution in [3.8, 4) is 0 Å². The van der Waals surface area contributed by atoms with E-state index in [1.165, 1.54) is 12.1 Å². The molecule has 1 aliphatic heterocycles. The average molecular weight is 222 g/mol. The second kappa shape index (κ2) is 4.61. The Morgan fingerprint density at radius 2 is 2.12 bits per heavy atom. The van der Waals surface area contributed by atoms with Gasteiger partial charge in [0.2, 0.25) is 5.91 Å². The third-order valence-corrected chi connectivity index (χ3v) is 2.90. The first-order chi connectivity index (χ1) is 7.68. The van der Waals surface area contributed by atoms with E-state index in [9.17, 15) is 9.18 Å². The summed E-state index contributed by atoms with van der Waals surface area (Å²) in [6, 6.07) is 5.86. The minimum absolute atomic E-state index is 0.0455. The molecule has 0 aromatic heterocycles. The van der Waals surface area contributed by atoms with Crippen molar-refractivity contribution in [1.29, 1.82) is 0 Å². The Labute approximate surface area is 94.3 Å². The molecule has 1 unspecified atom stereocenters. The van der Waals surface area contributed by atoms with E-state index in [0.717, 1.165) is 25.1 Å². The molecular weight excluding hydrogens is 207 g/mol. The van der Waals surface area contributed by atoms with Gasteiger partial charge in [-0.1, -0.05) is 0 Å². The Morgan fingerprint density at radius 3 is 2.69 bits per heavy atom. The number of hydrogen-bond donors (Lipinski definition) is 1. The molecule has 1 amide bonds. The van der Waals surface area contributed by atoms with Crippen molar-refractivity contribution in [2.45, 2.75) is 18.9 Å². The second-order valence-electron chi connectivity index (χ2n) is 4.02. The summed E-state index contributed by atoms with van der Waals surface area (Å²) in [5.41, 5.74) is 0.722. The number of anilines is 1. The molecule has 1 fully saturated rings. The molecule has 1 N–H and O–H groups in total. The van der Waals surface area contributed by atoms with E-state index in [-0.39, 0.29) is 17.8 Å². The standard InChI is InChI=1S/C12H15FN2O/c1-15(10-6-4-9(13)5-7-10)12(16)11-3-2-8-14-11/h4-7,11,14H,2-3,8H2,1H3. The Morgan fingerprint density at radius 1 is 1.44 bits per heavy atom. The van der Waals surface area contributed by atoms with E-state index in [0.29, 0.717) is 0 Å². The Balaban J connectivity index is 2.08. The molecule has 16 heavy (non-hydrogen) atoms. The third kappa shape index (κ3) is 2.22. The van der Waals surface area contributed by atoms with Crippen molar-refractivity contribution in [2.24, 2.45) is 0 Å². The average Bonchev–Trinajstić information content (AvgIpc) is 2.81. The quantitative estimate of drug-likeness (QED) is 0.823. The van der Waals surface area contributed by atoms with Gasteiger partial charge >= 0.3 is 0 Å². The van der Waals surface area contributed by atoms with Crippen molar-refractivity contribution < 1.29 is 9.18 Å². The fourth-order valence-electron chi connectivity index (χ4n) is 1.92. The zero-order valence-corrected chi connectivity index (χ0v) is 9.24. The molecule has 1 heterocycles. The molecule has 2 rings (SSSR count). The summed E-state index contributed by atoms with van der Waals surface area (Å²) in [5, 5.41) is 3.15. The van der Waals surface area contributed by atoms with Gasteiger partial charge in [-0.25, -0.2) is 4.39 Å². The van der Waals surface area contributed by atoms with Crippen LogP contribution >= 0.6 is 0 Å². The number of carbonyl (C=O) groups is 1. The van der Waals surface area contributed by atoms with E-state index >= 15 is 0 Å². The summed E-state index contributed by atoms with van der Waals surface area (Å²) in [5.74, 6) is -0.243. The monoisotopic (exact) mass is 222 g/mol. The minimum atomic E-state index is -0.288. The fourth-order valence-corrected chi connectivity index (χ4v) is 1.92. The molecule has 1 atom stereocenters. The molecule has 0 spiro atoms. The van der Waals surface area contributed by atoms with E-state index < -0.39 is 0 Å². The SMILES string of the molecule is CN(C(=O)C1CCCN1)c1ccc(F)cc1. The van der Waals surface area contributed by atoms with Crippen LogP contribution in [0.5, 0.6) is 0 Å². The molecule has 0 bridgehead atoms. The number of halogens is 1. The van der Waals surface area contributed by atoms with E-state index in [1.54, 1.807) is 24.1 Å². The van der Waals surface area contributed by atoms with Gasteiger partial charge < -0.3 is 10.2 Å². The predicted octanol–water partition coefficient (Wildman–Crippen LogP) is 1.54. The number of rotatable bonds is 2. The number of benzene rings is 1. The smallest absolute Gasteiger partial charge is 0.243 e. The summed E-state index contributed by atoms with van der Waals surface area (Å²) in [6.45, 7) is 0.896. The van der Waals surface area contributed by atoms with Gasteiger partial charge in [0, 0.05) is 12.7 Å². The van der Waals surface area contributed by atoms with Crippen molar-refractivity contribution in [3.63, 3.8) is 0 Å². The molecule has 0 aliphatic carbocycles. The van der Waals surface area contributed by atoms with Gasteiger partial charge in [-0.05, 0) is 43.7 Å². The molecule has 1 aromatic carbocycles. The van der Waals surface area contributed by atoms with Gasteiger partial charge in [0.05, 0.1) is 6.04 Å². The van der Waals surface area contributed by atoms with Gasteiger partial charge in [0.15, 0.2) is 0 Å². The third-order valence-electron chi connectivity index (χ3n) is 2.90. The van der Waals surface area contributed by atoms with Crippen molar-refractivity contribution in [1.82, 2.24) is 5.32 Å². The van der Waals surface area contributed by atoms with Gasteiger partial charge in [0.25, 0.3) is 0 Å². The summed E-state index contributed by atoms with van der Waals surface area (Å²) in [7, 11) is 1.72. The maximum absolute atomic E-state index is 12.7. The Bertz CT molecular complexity index is 371. The Hall–Kier alpha value is -1.42. The van der Waals surface area contributed by atoms with Crippen LogP contribution in [0.15, 0.2) is 24.3 Å². The summed E-state index contributed by atoms with van der Waals surface area (Å²) in [4.78, 5) is 13.6. The van der Waals surface area contributed by atoms with E-state index in [2.05, 4.69) is 5.32 Å². The first kappa shape index (κ1) is 11.1. The lowest BCUT2D eigenvalue weighted by Crippen LogP contribution is -2.41. The van der Waals surface area contributed by atoms with Crippen molar-refractivity contribution >= 4 is 11.6 Å². The predicted molar refractivity (Wildman–Crippen MR) is 60.8 cm³/mol. The van der Waals surface area contributed by atoms with Crippen LogP contribution in [-0.4, -0.2) is 25.5 Å². The zero-order valence-electron chi connectivity index (χ0n) is 9.24. The molecule has 1 aliphatic rings. The lowest BCUT2D eigenvalue weighted by atomic mass is 10.2. The number of nitrogens with zero attached hydrogens (tertiary/aromatic N) is 1. The zero-order chi connectivity index (χ0) is 11.5. The fraction of sp³-hybridized carbons (Fsp3) is 0.417. The van der Waals surface area contributed by atoms with E-state index in [1.807, 2.05) is 0 Å². The lowest BCUT2D eigenvalue weighted by molar-refractivity contribution is -0.119. The van der Waals surface area contributed by atoms with Crippen LogP contribution in [0, 0.1) is 5.82 Å². The normalized spacial score (nSPS) is 19.8. The number of amides is 1. The maximum atomic E-state index is 12.7. The van der Waals surface area contributed by atoms with Crippen LogP contribution in [0.25, 0.3) is 0 Å². The van der Waals surface area contributed by atoms with Gasteiger partial charge in [-0.15, -0.1) is 0 Å². The molecule has 4 heteroatoms. The molecule has 0 radical (unpaired) electrons. The van der Waals surface area contributed by atoms with Crippen LogP contribution < -0.4 is 10.2 Å². The van der Waals surface area contributed by atoms with Crippen molar-refractivity contribution in [3.05, 3.63) is 30.1 Å². The minimum Gasteiger partial charge on any atom is -0.314 e. The highest BCUT2D eigenvalue weighted by Gasteiger charge is 2.25. The van der Waals surface area contributed by atoms with Crippen LogP contribution in [0.2, 0.25) is 0 Å². The topological polar surface area (TPSA) is 32.3 Å². The summed E-state index contributed by atoms with van der Waals surface area (Å²) < 4.78 is 12.7. The maximum Gasteiger partial charge on any atom is 0.243 e. The highest BCUT2D eigenvalue weighted by molar-refractivity contribution is 5.96. The van der Waals surface area contributed by atoms with Crippen LogP contribution in [0.1, 0.15) is 12.8 Å². The number of likely N-dealkylation sites (N-methyl/N-ethyl adjacent to an activating group) is 1. The van der Waals surface area contributed by atoms with Gasteiger partial charge in [-0.2, -0.15) is 0 Å². The first-order valence-corrected chi connectivity index (χ1v) is 5.45. The summed E-state index contributed by atoms with van der Waals surface area (Å²) >= 11 is 0. The molecule has 3 nitrogen and oxygen atoms in total. The lowest BCUT2D eigenvalue weighted by Gasteiger charge is -2.21. The van der Waals surface area contributed by atoms with Crippen LogP contribution in [0.3, 0.4) is 0 Å². The highest BCUT2D eigenvalue weighted by atomic mass is 19.1. The highest BCUT2D eigenvalue weighted by Crippen LogP contribution is 2.16. The van der Waals surface area contributed by atoms with Crippen LogP contribution in [0.4, 0.5) is 10.1 Å².